The maximum atomic E-state index is 9.09. The summed E-state index contributed by atoms with van der Waals surface area (Å²) in [6, 6.07) is 0. The van der Waals surface area contributed by atoms with Gasteiger partial charge in [-0.05, 0) is 37.3 Å². The van der Waals surface area contributed by atoms with Crippen LogP contribution in [0, 0.1) is 11.3 Å². The highest BCUT2D eigenvalue weighted by atomic mass is 16.3. The number of rotatable bonds is 7. The highest BCUT2D eigenvalue weighted by Gasteiger charge is 2.10. The third kappa shape index (κ3) is 8.52. The summed E-state index contributed by atoms with van der Waals surface area (Å²) in [5, 5.41) is 12.5. The molecule has 0 radical (unpaired) electrons. The number of aliphatic hydroxyl groups excluding tert-OH is 1. The Kier molecular flexibility index (Phi) is 7.20. The van der Waals surface area contributed by atoms with Gasteiger partial charge in [-0.2, -0.15) is 0 Å². The van der Waals surface area contributed by atoms with Gasteiger partial charge in [-0.15, -0.1) is 0 Å². The molecule has 0 saturated carbocycles. The van der Waals surface area contributed by atoms with Crippen LogP contribution in [0.15, 0.2) is 0 Å². The van der Waals surface area contributed by atoms with Crippen LogP contribution in [0.25, 0.3) is 0 Å². The van der Waals surface area contributed by atoms with Gasteiger partial charge in [0.1, 0.15) is 0 Å². The first-order chi connectivity index (χ1) is 6.49. The Labute approximate surface area is 89.1 Å². The predicted octanol–water partition coefficient (Wildman–Crippen LogP) is 2.42. The van der Waals surface area contributed by atoms with Crippen LogP contribution in [0.2, 0.25) is 0 Å². The molecule has 0 aliphatic heterocycles. The van der Waals surface area contributed by atoms with Crippen molar-refractivity contribution in [2.75, 3.05) is 19.7 Å². The van der Waals surface area contributed by atoms with Crippen LogP contribution in [0.3, 0.4) is 0 Å². The van der Waals surface area contributed by atoms with Crippen molar-refractivity contribution in [2.45, 2.75) is 47.0 Å². The minimum absolute atomic E-state index is 0.338. The molecule has 0 aromatic rings. The summed E-state index contributed by atoms with van der Waals surface area (Å²) in [7, 11) is 0. The molecular formula is C12H27NO. The SMILES string of the molecule is CCC[C@@H](CO)CCNCC(C)(C)C. The largest absolute Gasteiger partial charge is 0.396 e. The molecule has 0 aliphatic rings. The minimum atomic E-state index is 0.338. The van der Waals surface area contributed by atoms with Gasteiger partial charge in [0.2, 0.25) is 0 Å². The maximum absolute atomic E-state index is 9.09. The summed E-state index contributed by atoms with van der Waals surface area (Å²) >= 11 is 0. The summed E-state index contributed by atoms with van der Waals surface area (Å²) in [5.41, 5.74) is 0.361. The van der Waals surface area contributed by atoms with E-state index >= 15 is 0 Å². The lowest BCUT2D eigenvalue weighted by molar-refractivity contribution is 0.207. The summed E-state index contributed by atoms with van der Waals surface area (Å²) < 4.78 is 0. The first-order valence-electron chi connectivity index (χ1n) is 5.81. The highest BCUT2D eigenvalue weighted by molar-refractivity contribution is 4.66. The number of nitrogens with one attached hydrogen (secondary N) is 1. The molecule has 0 aromatic carbocycles. The maximum Gasteiger partial charge on any atom is 0.0459 e. The molecule has 2 nitrogen and oxygen atoms in total. The van der Waals surface area contributed by atoms with Gasteiger partial charge < -0.3 is 10.4 Å². The molecule has 0 amide bonds. The standard InChI is InChI=1S/C12H27NO/c1-5-6-11(9-14)7-8-13-10-12(2,3)4/h11,13-14H,5-10H2,1-4H3/t11-/m1/s1. The fourth-order valence-corrected chi connectivity index (χ4v) is 1.50. The Hall–Kier alpha value is -0.0800. The lowest BCUT2D eigenvalue weighted by Gasteiger charge is -2.20. The molecule has 86 valence electrons. The fourth-order valence-electron chi connectivity index (χ4n) is 1.50. The van der Waals surface area contributed by atoms with Crippen LogP contribution in [0.5, 0.6) is 0 Å². The monoisotopic (exact) mass is 201 g/mol. The van der Waals surface area contributed by atoms with Crippen molar-refractivity contribution in [3.8, 4) is 0 Å². The van der Waals surface area contributed by atoms with E-state index in [9.17, 15) is 0 Å². The summed E-state index contributed by atoms with van der Waals surface area (Å²) in [5.74, 6) is 0.493. The van der Waals surface area contributed by atoms with Gasteiger partial charge in [-0.1, -0.05) is 34.1 Å². The van der Waals surface area contributed by atoms with Gasteiger partial charge in [0.25, 0.3) is 0 Å². The number of hydrogen-bond acceptors (Lipinski definition) is 2. The van der Waals surface area contributed by atoms with Crippen molar-refractivity contribution in [2.24, 2.45) is 11.3 Å². The zero-order valence-electron chi connectivity index (χ0n) is 10.3. The second-order valence-electron chi connectivity index (χ2n) is 5.36. The molecule has 0 unspecified atom stereocenters. The Morgan fingerprint density at radius 1 is 1.21 bits per heavy atom. The zero-order chi connectivity index (χ0) is 11.0. The van der Waals surface area contributed by atoms with Crippen LogP contribution in [-0.4, -0.2) is 24.8 Å². The average Bonchev–Trinajstić information content (AvgIpc) is 2.08. The van der Waals surface area contributed by atoms with E-state index in [1.165, 1.54) is 6.42 Å². The first-order valence-corrected chi connectivity index (χ1v) is 5.81. The Morgan fingerprint density at radius 2 is 1.86 bits per heavy atom. The molecule has 0 fully saturated rings. The molecule has 0 aliphatic carbocycles. The minimum Gasteiger partial charge on any atom is -0.396 e. The molecule has 2 N–H and O–H groups in total. The van der Waals surface area contributed by atoms with Crippen LogP contribution in [0.1, 0.15) is 47.0 Å². The number of hydrogen-bond donors (Lipinski definition) is 2. The van der Waals surface area contributed by atoms with Crippen LogP contribution < -0.4 is 5.32 Å². The van der Waals surface area contributed by atoms with Crippen LogP contribution >= 0.6 is 0 Å². The normalized spacial score (nSPS) is 14.4. The second-order valence-corrected chi connectivity index (χ2v) is 5.36. The molecule has 0 rings (SSSR count). The molecule has 1 atom stereocenters. The first kappa shape index (κ1) is 13.9. The number of aliphatic hydroxyl groups is 1. The van der Waals surface area contributed by atoms with Crippen molar-refractivity contribution in [3.63, 3.8) is 0 Å². The van der Waals surface area contributed by atoms with E-state index in [-0.39, 0.29) is 0 Å². The molecule has 0 bridgehead atoms. The lowest BCUT2D eigenvalue weighted by Crippen LogP contribution is -2.29. The Balaban J connectivity index is 3.42. The van der Waals surface area contributed by atoms with E-state index in [0.717, 1.165) is 25.9 Å². The molecule has 14 heavy (non-hydrogen) atoms. The van der Waals surface area contributed by atoms with Gasteiger partial charge in [0, 0.05) is 6.61 Å². The van der Waals surface area contributed by atoms with Crippen molar-refractivity contribution >= 4 is 0 Å². The summed E-state index contributed by atoms with van der Waals surface area (Å²) in [6.45, 7) is 11.3. The van der Waals surface area contributed by atoms with E-state index in [2.05, 4.69) is 33.0 Å². The van der Waals surface area contributed by atoms with E-state index in [0.29, 0.717) is 17.9 Å². The van der Waals surface area contributed by atoms with Gasteiger partial charge in [0.05, 0.1) is 0 Å². The highest BCUT2D eigenvalue weighted by Crippen LogP contribution is 2.12. The molecule has 0 aromatic heterocycles. The van der Waals surface area contributed by atoms with Crippen molar-refractivity contribution in [1.29, 1.82) is 0 Å². The molecule has 0 heterocycles. The van der Waals surface area contributed by atoms with E-state index in [4.69, 9.17) is 5.11 Å². The van der Waals surface area contributed by atoms with Crippen LogP contribution in [-0.2, 0) is 0 Å². The smallest absolute Gasteiger partial charge is 0.0459 e. The molecular weight excluding hydrogens is 174 g/mol. The third-order valence-electron chi connectivity index (χ3n) is 2.34. The van der Waals surface area contributed by atoms with E-state index < -0.39 is 0 Å². The van der Waals surface area contributed by atoms with Crippen molar-refractivity contribution < 1.29 is 5.11 Å². The van der Waals surface area contributed by atoms with Gasteiger partial charge >= 0.3 is 0 Å². The molecule has 0 spiro atoms. The van der Waals surface area contributed by atoms with Gasteiger partial charge in [-0.3, -0.25) is 0 Å². The summed E-state index contributed by atoms with van der Waals surface area (Å²) in [6.07, 6.45) is 3.42. The predicted molar refractivity (Wildman–Crippen MR) is 62.4 cm³/mol. The zero-order valence-corrected chi connectivity index (χ0v) is 10.3. The van der Waals surface area contributed by atoms with E-state index in [1.807, 2.05) is 0 Å². The summed E-state index contributed by atoms with van der Waals surface area (Å²) in [4.78, 5) is 0. The van der Waals surface area contributed by atoms with E-state index in [1.54, 1.807) is 0 Å². The van der Waals surface area contributed by atoms with Crippen LogP contribution in [0.4, 0.5) is 0 Å². The quantitative estimate of drug-likeness (QED) is 0.620. The fraction of sp³-hybridized carbons (Fsp3) is 1.00. The Bertz CT molecular complexity index is 129. The second kappa shape index (κ2) is 7.24. The third-order valence-corrected chi connectivity index (χ3v) is 2.34. The lowest BCUT2D eigenvalue weighted by atomic mass is 9.96. The average molecular weight is 201 g/mol. The topological polar surface area (TPSA) is 32.3 Å². The Morgan fingerprint density at radius 3 is 2.29 bits per heavy atom. The van der Waals surface area contributed by atoms with Crippen molar-refractivity contribution in [3.05, 3.63) is 0 Å². The molecule has 2 heteroatoms. The van der Waals surface area contributed by atoms with Gasteiger partial charge in [-0.25, -0.2) is 0 Å². The molecule has 0 saturated heterocycles. The van der Waals surface area contributed by atoms with Gasteiger partial charge in [0.15, 0.2) is 0 Å². The van der Waals surface area contributed by atoms with Crippen molar-refractivity contribution in [1.82, 2.24) is 5.32 Å².